The second-order valence-electron chi connectivity index (χ2n) is 4.92. The van der Waals surface area contributed by atoms with E-state index in [9.17, 15) is 9.59 Å². The molecule has 0 bridgehead atoms. The Kier molecular flexibility index (Phi) is 4.37. The molecule has 0 saturated heterocycles. The number of hydrogen-bond acceptors (Lipinski definition) is 5. The molecule has 6 heteroatoms. The van der Waals surface area contributed by atoms with Gasteiger partial charge in [0.25, 0.3) is 0 Å². The highest BCUT2D eigenvalue weighted by Crippen LogP contribution is 2.21. The second kappa shape index (κ2) is 5.60. The number of benzene rings is 1. The van der Waals surface area contributed by atoms with Crippen molar-refractivity contribution in [3.05, 3.63) is 23.8 Å². The molecule has 0 spiro atoms. The average Bonchev–Trinajstić information content (AvgIpc) is 2.28. The van der Waals surface area contributed by atoms with Crippen molar-refractivity contribution in [2.75, 3.05) is 18.2 Å². The number of esters is 1. The van der Waals surface area contributed by atoms with E-state index >= 15 is 0 Å². The van der Waals surface area contributed by atoms with Gasteiger partial charge in [-0.05, 0) is 39.0 Å². The molecule has 0 saturated carbocycles. The number of amides is 1. The van der Waals surface area contributed by atoms with E-state index in [4.69, 9.17) is 10.5 Å². The van der Waals surface area contributed by atoms with Crippen LogP contribution in [0.1, 0.15) is 31.1 Å². The van der Waals surface area contributed by atoms with Crippen LogP contribution in [0.25, 0.3) is 0 Å². The summed E-state index contributed by atoms with van der Waals surface area (Å²) in [4.78, 5) is 23.2. The Morgan fingerprint density at radius 3 is 2.42 bits per heavy atom. The van der Waals surface area contributed by atoms with Crippen molar-refractivity contribution in [2.24, 2.45) is 0 Å². The molecule has 1 aromatic rings. The van der Waals surface area contributed by atoms with Crippen molar-refractivity contribution in [2.45, 2.75) is 26.4 Å². The van der Waals surface area contributed by atoms with Gasteiger partial charge in [-0.1, -0.05) is 0 Å². The molecule has 1 rings (SSSR count). The van der Waals surface area contributed by atoms with Crippen molar-refractivity contribution in [3.8, 4) is 0 Å². The van der Waals surface area contributed by atoms with Crippen LogP contribution >= 0.6 is 0 Å². The first-order valence-corrected chi connectivity index (χ1v) is 5.71. The first-order valence-electron chi connectivity index (χ1n) is 5.71. The van der Waals surface area contributed by atoms with E-state index in [-0.39, 0.29) is 11.3 Å². The SMILES string of the molecule is COC(=O)c1cc(N)ccc1NC(=O)OC(C)(C)C. The highest BCUT2D eigenvalue weighted by atomic mass is 16.6. The van der Waals surface area contributed by atoms with E-state index in [0.717, 1.165) is 0 Å². The molecule has 19 heavy (non-hydrogen) atoms. The number of rotatable bonds is 2. The van der Waals surface area contributed by atoms with Crippen LogP contribution in [-0.4, -0.2) is 24.8 Å². The van der Waals surface area contributed by atoms with Gasteiger partial charge in [-0.15, -0.1) is 0 Å². The third kappa shape index (κ3) is 4.50. The van der Waals surface area contributed by atoms with Crippen molar-refractivity contribution >= 4 is 23.4 Å². The average molecular weight is 266 g/mol. The zero-order valence-corrected chi connectivity index (χ0v) is 11.4. The Morgan fingerprint density at radius 2 is 1.89 bits per heavy atom. The van der Waals surface area contributed by atoms with E-state index in [1.54, 1.807) is 26.8 Å². The van der Waals surface area contributed by atoms with Gasteiger partial charge in [-0.3, -0.25) is 5.32 Å². The van der Waals surface area contributed by atoms with E-state index in [2.05, 4.69) is 10.1 Å². The highest BCUT2D eigenvalue weighted by molar-refractivity contribution is 6.00. The monoisotopic (exact) mass is 266 g/mol. The fourth-order valence-electron chi connectivity index (χ4n) is 1.36. The quantitative estimate of drug-likeness (QED) is 0.633. The third-order valence-electron chi connectivity index (χ3n) is 2.08. The minimum Gasteiger partial charge on any atom is -0.465 e. The summed E-state index contributed by atoms with van der Waals surface area (Å²) in [7, 11) is 1.25. The number of carbonyl (C=O) groups is 2. The van der Waals surface area contributed by atoms with E-state index in [1.807, 2.05) is 0 Å². The summed E-state index contributed by atoms with van der Waals surface area (Å²) in [6, 6.07) is 4.52. The predicted octanol–water partition coefficient (Wildman–Crippen LogP) is 2.40. The Morgan fingerprint density at radius 1 is 1.26 bits per heavy atom. The lowest BCUT2D eigenvalue weighted by molar-refractivity contribution is 0.0602. The van der Waals surface area contributed by atoms with Crippen LogP contribution in [0.3, 0.4) is 0 Å². The minimum absolute atomic E-state index is 0.174. The molecule has 3 N–H and O–H groups in total. The van der Waals surface area contributed by atoms with Gasteiger partial charge < -0.3 is 15.2 Å². The normalized spacial score (nSPS) is 10.7. The molecular weight excluding hydrogens is 248 g/mol. The van der Waals surface area contributed by atoms with Crippen LogP contribution in [0, 0.1) is 0 Å². The fourth-order valence-corrected chi connectivity index (χ4v) is 1.36. The van der Waals surface area contributed by atoms with Crippen molar-refractivity contribution in [3.63, 3.8) is 0 Å². The lowest BCUT2D eigenvalue weighted by Gasteiger charge is -2.20. The zero-order chi connectivity index (χ0) is 14.6. The van der Waals surface area contributed by atoms with Crippen LogP contribution in [-0.2, 0) is 9.47 Å². The second-order valence-corrected chi connectivity index (χ2v) is 4.92. The van der Waals surface area contributed by atoms with Crippen molar-refractivity contribution < 1.29 is 19.1 Å². The molecule has 0 aliphatic carbocycles. The molecule has 0 aliphatic heterocycles. The van der Waals surface area contributed by atoms with E-state index in [0.29, 0.717) is 5.69 Å². The predicted molar refractivity (Wildman–Crippen MR) is 72.1 cm³/mol. The Balaban J connectivity index is 2.95. The van der Waals surface area contributed by atoms with Gasteiger partial charge in [0.05, 0.1) is 18.4 Å². The Hall–Kier alpha value is -2.24. The summed E-state index contributed by atoms with van der Waals surface area (Å²) in [5.41, 5.74) is 5.84. The summed E-state index contributed by atoms with van der Waals surface area (Å²) in [6.45, 7) is 5.24. The molecule has 0 radical (unpaired) electrons. The van der Waals surface area contributed by atoms with E-state index < -0.39 is 17.7 Å². The standard InChI is InChI=1S/C13H18N2O4/c1-13(2,3)19-12(17)15-10-6-5-8(14)7-9(10)11(16)18-4/h5-7H,14H2,1-4H3,(H,15,17). The molecule has 0 unspecified atom stereocenters. The highest BCUT2D eigenvalue weighted by Gasteiger charge is 2.19. The van der Waals surface area contributed by atoms with Crippen molar-refractivity contribution in [1.29, 1.82) is 0 Å². The number of ether oxygens (including phenoxy) is 2. The van der Waals surface area contributed by atoms with Crippen LogP contribution in [0.15, 0.2) is 18.2 Å². The summed E-state index contributed by atoms with van der Waals surface area (Å²) < 4.78 is 9.73. The maximum absolute atomic E-state index is 11.7. The van der Waals surface area contributed by atoms with Crippen LogP contribution in [0.4, 0.5) is 16.2 Å². The first-order chi connectivity index (χ1) is 8.73. The summed E-state index contributed by atoms with van der Waals surface area (Å²) in [5.74, 6) is -0.585. The fraction of sp³-hybridized carbons (Fsp3) is 0.385. The first kappa shape index (κ1) is 14.8. The molecule has 1 aromatic carbocycles. The van der Waals surface area contributed by atoms with Gasteiger partial charge in [0.15, 0.2) is 0 Å². The number of nitrogens with one attached hydrogen (secondary N) is 1. The lowest BCUT2D eigenvalue weighted by Crippen LogP contribution is -2.27. The van der Waals surface area contributed by atoms with Gasteiger partial charge >= 0.3 is 12.1 Å². The zero-order valence-electron chi connectivity index (χ0n) is 11.4. The number of anilines is 2. The number of hydrogen-bond donors (Lipinski definition) is 2. The molecule has 0 atom stereocenters. The molecule has 0 aromatic heterocycles. The van der Waals surface area contributed by atoms with Crippen LogP contribution in [0.5, 0.6) is 0 Å². The molecule has 0 fully saturated rings. The minimum atomic E-state index is -0.651. The van der Waals surface area contributed by atoms with Gasteiger partial charge in [0.1, 0.15) is 5.60 Å². The van der Waals surface area contributed by atoms with E-state index in [1.165, 1.54) is 19.2 Å². The topological polar surface area (TPSA) is 90.6 Å². The largest absolute Gasteiger partial charge is 0.465 e. The number of methoxy groups -OCH3 is 1. The Bertz CT molecular complexity index is 492. The van der Waals surface area contributed by atoms with Crippen LogP contribution < -0.4 is 11.1 Å². The lowest BCUT2D eigenvalue weighted by atomic mass is 10.1. The maximum atomic E-state index is 11.7. The molecule has 6 nitrogen and oxygen atoms in total. The van der Waals surface area contributed by atoms with Gasteiger partial charge in [-0.25, -0.2) is 9.59 Å². The van der Waals surface area contributed by atoms with Gasteiger partial charge in [0, 0.05) is 5.69 Å². The third-order valence-corrected chi connectivity index (χ3v) is 2.08. The molecule has 0 heterocycles. The Labute approximate surface area is 111 Å². The maximum Gasteiger partial charge on any atom is 0.412 e. The van der Waals surface area contributed by atoms with Crippen LogP contribution in [0.2, 0.25) is 0 Å². The smallest absolute Gasteiger partial charge is 0.412 e. The number of nitrogens with two attached hydrogens (primary N) is 1. The molecule has 1 amide bonds. The summed E-state index contributed by atoms with van der Waals surface area (Å²) >= 11 is 0. The summed E-state index contributed by atoms with van der Waals surface area (Å²) in [5, 5.41) is 2.49. The van der Waals surface area contributed by atoms with Crippen molar-refractivity contribution in [1.82, 2.24) is 0 Å². The number of nitrogen functional groups attached to an aromatic ring is 1. The molecule has 104 valence electrons. The molecule has 0 aliphatic rings. The number of carbonyl (C=O) groups excluding carboxylic acids is 2. The van der Waals surface area contributed by atoms with Gasteiger partial charge in [-0.2, -0.15) is 0 Å². The van der Waals surface area contributed by atoms with Gasteiger partial charge in [0.2, 0.25) is 0 Å². The molecular formula is C13H18N2O4. The summed E-state index contributed by atoms with van der Waals surface area (Å²) in [6.07, 6.45) is -0.651.